The maximum absolute atomic E-state index is 14.3. The Balaban J connectivity index is 2.49. The smallest absolute Gasteiger partial charge is 0.146 e. The topological polar surface area (TPSA) is 29.3 Å². The summed E-state index contributed by atoms with van der Waals surface area (Å²) in [5, 5.41) is 0. The molecule has 3 heteroatoms. The van der Waals surface area contributed by atoms with Gasteiger partial charge >= 0.3 is 0 Å². The average Bonchev–Trinajstić information content (AvgIpc) is 2.43. The molecule has 1 aromatic rings. The number of rotatable bonds is 4. The van der Waals surface area contributed by atoms with E-state index in [0.717, 1.165) is 19.4 Å². The van der Waals surface area contributed by atoms with Crippen molar-refractivity contribution < 1.29 is 4.39 Å². The summed E-state index contributed by atoms with van der Waals surface area (Å²) >= 11 is 0. The predicted molar refractivity (Wildman–Crippen MR) is 83.5 cm³/mol. The monoisotopic (exact) mass is 278 g/mol. The van der Waals surface area contributed by atoms with E-state index in [-0.39, 0.29) is 16.8 Å². The molecule has 0 aliphatic heterocycles. The lowest BCUT2D eigenvalue weighted by atomic mass is 9.62. The Bertz CT molecular complexity index is 458. The van der Waals surface area contributed by atoms with Gasteiger partial charge in [0.15, 0.2) is 0 Å². The SMILES string of the molecule is CCN(c1ccccc1F)C1(CN)CCCCC1(C)C. The molecule has 0 bridgehead atoms. The summed E-state index contributed by atoms with van der Waals surface area (Å²) in [4.78, 5) is 2.21. The number of para-hydroxylation sites is 1. The molecule has 0 amide bonds. The van der Waals surface area contributed by atoms with Crippen LogP contribution in [0.25, 0.3) is 0 Å². The molecule has 1 aliphatic carbocycles. The summed E-state index contributed by atoms with van der Waals surface area (Å²) in [6.45, 7) is 8.00. The van der Waals surface area contributed by atoms with Crippen molar-refractivity contribution in [2.75, 3.05) is 18.0 Å². The number of likely N-dealkylation sites (N-methyl/N-ethyl adjacent to an activating group) is 1. The molecule has 1 saturated carbocycles. The van der Waals surface area contributed by atoms with Crippen LogP contribution in [0, 0.1) is 11.2 Å². The molecule has 112 valence electrons. The van der Waals surface area contributed by atoms with Gasteiger partial charge in [-0.15, -0.1) is 0 Å². The van der Waals surface area contributed by atoms with Gasteiger partial charge in [0.25, 0.3) is 0 Å². The molecule has 2 rings (SSSR count). The van der Waals surface area contributed by atoms with Crippen LogP contribution in [-0.4, -0.2) is 18.6 Å². The Morgan fingerprint density at radius 3 is 2.40 bits per heavy atom. The van der Waals surface area contributed by atoms with Crippen LogP contribution in [0.2, 0.25) is 0 Å². The molecule has 1 fully saturated rings. The molecule has 1 unspecified atom stereocenters. The minimum atomic E-state index is -0.151. The summed E-state index contributed by atoms with van der Waals surface area (Å²) < 4.78 is 14.3. The predicted octanol–water partition coefficient (Wildman–Crippen LogP) is 3.95. The van der Waals surface area contributed by atoms with Gasteiger partial charge in [-0.05, 0) is 37.3 Å². The molecule has 1 atom stereocenters. The number of halogens is 1. The lowest BCUT2D eigenvalue weighted by Gasteiger charge is -2.56. The van der Waals surface area contributed by atoms with Crippen molar-refractivity contribution in [3.63, 3.8) is 0 Å². The van der Waals surface area contributed by atoms with E-state index in [9.17, 15) is 4.39 Å². The highest BCUT2D eigenvalue weighted by atomic mass is 19.1. The van der Waals surface area contributed by atoms with E-state index < -0.39 is 0 Å². The van der Waals surface area contributed by atoms with Crippen LogP contribution in [-0.2, 0) is 0 Å². The van der Waals surface area contributed by atoms with Gasteiger partial charge in [-0.25, -0.2) is 4.39 Å². The fourth-order valence-corrected chi connectivity index (χ4v) is 3.92. The van der Waals surface area contributed by atoms with Gasteiger partial charge in [0.2, 0.25) is 0 Å². The number of nitrogens with two attached hydrogens (primary N) is 1. The van der Waals surface area contributed by atoms with Crippen LogP contribution < -0.4 is 10.6 Å². The number of anilines is 1. The van der Waals surface area contributed by atoms with E-state index in [1.165, 1.54) is 18.9 Å². The third-order valence-corrected chi connectivity index (χ3v) is 5.22. The first-order valence-electron chi connectivity index (χ1n) is 7.71. The van der Waals surface area contributed by atoms with Crippen LogP contribution >= 0.6 is 0 Å². The van der Waals surface area contributed by atoms with E-state index in [1.54, 1.807) is 6.07 Å². The van der Waals surface area contributed by atoms with Crippen LogP contribution in [0.1, 0.15) is 46.5 Å². The normalized spacial score (nSPS) is 25.4. The van der Waals surface area contributed by atoms with Crippen LogP contribution in [0.15, 0.2) is 24.3 Å². The summed E-state index contributed by atoms with van der Waals surface area (Å²) in [5.74, 6) is -0.149. The average molecular weight is 278 g/mol. The van der Waals surface area contributed by atoms with Gasteiger partial charge in [0.05, 0.1) is 11.2 Å². The van der Waals surface area contributed by atoms with Crippen molar-refractivity contribution in [1.29, 1.82) is 0 Å². The molecular weight excluding hydrogens is 251 g/mol. The van der Waals surface area contributed by atoms with Crippen molar-refractivity contribution in [3.05, 3.63) is 30.1 Å². The minimum absolute atomic E-state index is 0.0955. The van der Waals surface area contributed by atoms with E-state index >= 15 is 0 Å². The summed E-state index contributed by atoms with van der Waals surface area (Å²) in [7, 11) is 0. The zero-order chi connectivity index (χ0) is 14.8. The maximum Gasteiger partial charge on any atom is 0.146 e. The van der Waals surface area contributed by atoms with Gasteiger partial charge in [0.1, 0.15) is 5.82 Å². The third-order valence-electron chi connectivity index (χ3n) is 5.22. The highest BCUT2D eigenvalue weighted by molar-refractivity contribution is 5.51. The number of hydrogen-bond donors (Lipinski definition) is 1. The second kappa shape index (κ2) is 5.72. The molecule has 1 aliphatic rings. The first kappa shape index (κ1) is 15.3. The lowest BCUT2D eigenvalue weighted by molar-refractivity contribution is 0.0964. The summed E-state index contributed by atoms with van der Waals surface area (Å²) in [6, 6.07) is 7.06. The largest absolute Gasteiger partial charge is 0.362 e. The quantitative estimate of drug-likeness (QED) is 0.903. The van der Waals surface area contributed by atoms with Gasteiger partial charge in [-0.1, -0.05) is 38.8 Å². The molecule has 0 aromatic heterocycles. The highest BCUT2D eigenvalue weighted by Crippen LogP contribution is 2.48. The zero-order valence-corrected chi connectivity index (χ0v) is 13.0. The number of benzene rings is 1. The summed E-state index contributed by atoms with van der Waals surface area (Å²) in [5.41, 5.74) is 6.85. The van der Waals surface area contributed by atoms with Crippen LogP contribution in [0.5, 0.6) is 0 Å². The Morgan fingerprint density at radius 2 is 1.85 bits per heavy atom. The molecule has 2 nitrogen and oxygen atoms in total. The molecule has 0 saturated heterocycles. The standard InChI is InChI=1S/C17H27FN2/c1-4-20(15-10-6-5-9-14(15)18)17(13-19)12-8-7-11-16(17,2)3/h5-6,9-10H,4,7-8,11-13,19H2,1-3H3. The van der Waals surface area contributed by atoms with Gasteiger partial charge in [-0.2, -0.15) is 0 Å². The minimum Gasteiger partial charge on any atom is -0.362 e. The van der Waals surface area contributed by atoms with E-state index in [4.69, 9.17) is 5.73 Å². The Kier molecular flexibility index (Phi) is 4.38. The van der Waals surface area contributed by atoms with Crippen molar-refractivity contribution in [3.8, 4) is 0 Å². The molecule has 0 heterocycles. The van der Waals surface area contributed by atoms with E-state index in [0.29, 0.717) is 12.2 Å². The Hall–Kier alpha value is -1.09. The van der Waals surface area contributed by atoms with E-state index in [2.05, 4.69) is 25.7 Å². The maximum atomic E-state index is 14.3. The molecule has 1 aromatic carbocycles. The van der Waals surface area contributed by atoms with Crippen molar-refractivity contribution in [2.24, 2.45) is 11.1 Å². The molecule has 0 spiro atoms. The number of hydrogen-bond acceptors (Lipinski definition) is 2. The number of nitrogens with zero attached hydrogens (tertiary/aromatic N) is 1. The van der Waals surface area contributed by atoms with Gasteiger partial charge in [-0.3, -0.25) is 0 Å². The third kappa shape index (κ3) is 2.32. The Labute approximate surface area is 122 Å². The second-order valence-electron chi connectivity index (χ2n) is 6.52. The molecule has 20 heavy (non-hydrogen) atoms. The fraction of sp³-hybridized carbons (Fsp3) is 0.647. The lowest BCUT2D eigenvalue weighted by Crippen LogP contribution is -2.64. The summed E-state index contributed by atoms with van der Waals surface area (Å²) in [6.07, 6.45) is 4.60. The van der Waals surface area contributed by atoms with Gasteiger partial charge < -0.3 is 10.6 Å². The molecule has 2 N–H and O–H groups in total. The molecular formula is C17H27FN2. The van der Waals surface area contributed by atoms with E-state index in [1.807, 2.05) is 12.1 Å². The van der Waals surface area contributed by atoms with Crippen LogP contribution in [0.3, 0.4) is 0 Å². The fourth-order valence-electron chi connectivity index (χ4n) is 3.92. The first-order chi connectivity index (χ1) is 9.48. The highest BCUT2D eigenvalue weighted by Gasteiger charge is 2.49. The van der Waals surface area contributed by atoms with Crippen molar-refractivity contribution >= 4 is 5.69 Å². The second-order valence-corrected chi connectivity index (χ2v) is 6.52. The molecule has 0 radical (unpaired) electrons. The zero-order valence-electron chi connectivity index (χ0n) is 13.0. The van der Waals surface area contributed by atoms with Crippen molar-refractivity contribution in [1.82, 2.24) is 0 Å². The Morgan fingerprint density at radius 1 is 1.20 bits per heavy atom. The first-order valence-corrected chi connectivity index (χ1v) is 7.71. The van der Waals surface area contributed by atoms with Gasteiger partial charge in [0, 0.05) is 13.1 Å². The van der Waals surface area contributed by atoms with Crippen LogP contribution in [0.4, 0.5) is 10.1 Å². The van der Waals surface area contributed by atoms with Crippen molar-refractivity contribution in [2.45, 2.75) is 52.0 Å².